The van der Waals surface area contributed by atoms with Crippen molar-refractivity contribution in [3.63, 3.8) is 0 Å². The van der Waals surface area contributed by atoms with Gasteiger partial charge in [-0.05, 0) is 20.2 Å². The maximum atomic E-state index is 11.4. The van der Waals surface area contributed by atoms with Crippen molar-refractivity contribution in [3.05, 3.63) is 34.7 Å². The molecule has 0 unspecified atom stereocenters. The lowest BCUT2D eigenvalue weighted by Gasteiger charge is -2.10. The van der Waals surface area contributed by atoms with Crippen molar-refractivity contribution in [1.29, 1.82) is 0 Å². The third-order valence-electron chi connectivity index (χ3n) is 2.53. The molecule has 0 atom stereocenters. The first-order valence-corrected chi connectivity index (χ1v) is 6.29. The Balaban J connectivity index is 1.99. The van der Waals surface area contributed by atoms with Gasteiger partial charge in [-0.2, -0.15) is 0 Å². The van der Waals surface area contributed by atoms with Gasteiger partial charge >= 0.3 is 0 Å². The Morgan fingerprint density at radius 1 is 1.28 bits per heavy atom. The number of aromatic nitrogens is 1. The van der Waals surface area contributed by atoms with Crippen LogP contribution in [0.15, 0.2) is 29.2 Å². The van der Waals surface area contributed by atoms with Crippen LogP contribution in [0, 0.1) is 0 Å². The minimum Gasteiger partial charge on any atom is -0.379 e. The van der Waals surface area contributed by atoms with Crippen LogP contribution in [0.3, 0.4) is 0 Å². The van der Waals surface area contributed by atoms with Crippen LogP contribution >= 0.6 is 0 Å². The monoisotopic (exact) mass is 253 g/mol. The highest BCUT2D eigenvalue weighted by Gasteiger charge is 1.94. The molecule has 1 heterocycles. The summed E-state index contributed by atoms with van der Waals surface area (Å²) in [6.07, 6.45) is 1.80. The van der Waals surface area contributed by atoms with Gasteiger partial charge in [0.2, 0.25) is 0 Å². The van der Waals surface area contributed by atoms with Crippen molar-refractivity contribution >= 4 is 0 Å². The summed E-state index contributed by atoms with van der Waals surface area (Å²) in [5.74, 6) is 0. The Labute approximate surface area is 108 Å². The van der Waals surface area contributed by atoms with E-state index in [1.54, 1.807) is 22.9 Å². The van der Waals surface area contributed by atoms with Crippen LogP contribution in [0.5, 0.6) is 0 Å². The second-order valence-corrected chi connectivity index (χ2v) is 4.40. The number of hydrogen-bond acceptors (Lipinski definition) is 4. The highest BCUT2D eigenvalue weighted by atomic mass is 16.5. The molecule has 0 aliphatic heterocycles. The zero-order chi connectivity index (χ0) is 13.2. The Bertz CT molecular complexity index is 376. The van der Waals surface area contributed by atoms with Crippen LogP contribution < -0.4 is 10.9 Å². The zero-order valence-electron chi connectivity index (χ0n) is 11.3. The van der Waals surface area contributed by atoms with Crippen LogP contribution in [0.4, 0.5) is 0 Å². The Morgan fingerprint density at radius 2 is 2.11 bits per heavy atom. The number of nitrogens with zero attached hydrogens (tertiary/aromatic N) is 2. The van der Waals surface area contributed by atoms with E-state index in [9.17, 15) is 4.79 Å². The minimum atomic E-state index is 0.0431. The van der Waals surface area contributed by atoms with E-state index in [1.807, 2.05) is 20.2 Å². The summed E-state index contributed by atoms with van der Waals surface area (Å²) < 4.78 is 7.14. The summed E-state index contributed by atoms with van der Waals surface area (Å²) in [5.41, 5.74) is 0.0431. The van der Waals surface area contributed by atoms with Gasteiger partial charge in [0.25, 0.3) is 5.56 Å². The molecule has 1 rings (SSSR count). The molecule has 0 aromatic carbocycles. The van der Waals surface area contributed by atoms with Crippen molar-refractivity contribution in [1.82, 2.24) is 14.8 Å². The average molecular weight is 253 g/mol. The van der Waals surface area contributed by atoms with E-state index in [-0.39, 0.29) is 5.56 Å². The van der Waals surface area contributed by atoms with Gasteiger partial charge < -0.3 is 19.5 Å². The van der Waals surface area contributed by atoms with Crippen LogP contribution in [0.2, 0.25) is 0 Å². The van der Waals surface area contributed by atoms with E-state index in [1.165, 1.54) is 0 Å². The van der Waals surface area contributed by atoms with Crippen LogP contribution in [0.25, 0.3) is 0 Å². The Hall–Kier alpha value is -1.17. The van der Waals surface area contributed by atoms with Crippen LogP contribution in [-0.2, 0) is 11.3 Å². The topological polar surface area (TPSA) is 46.5 Å². The second-order valence-electron chi connectivity index (χ2n) is 4.40. The molecule has 5 nitrogen and oxygen atoms in total. The van der Waals surface area contributed by atoms with Crippen LogP contribution in [-0.4, -0.2) is 56.4 Å². The molecule has 0 saturated carbocycles. The maximum Gasteiger partial charge on any atom is 0.250 e. The fourth-order valence-electron chi connectivity index (χ4n) is 1.46. The first kappa shape index (κ1) is 14.9. The molecule has 0 bridgehead atoms. The molecule has 0 aliphatic rings. The summed E-state index contributed by atoms with van der Waals surface area (Å²) >= 11 is 0. The Kier molecular flexibility index (Phi) is 7.32. The average Bonchev–Trinajstić information content (AvgIpc) is 2.34. The van der Waals surface area contributed by atoms with Crippen LogP contribution in [0.1, 0.15) is 0 Å². The molecule has 102 valence electrons. The van der Waals surface area contributed by atoms with Gasteiger partial charge in [0.1, 0.15) is 0 Å². The maximum absolute atomic E-state index is 11.4. The SMILES string of the molecule is CN(C)CCOCCNCCn1ccccc1=O. The van der Waals surface area contributed by atoms with Crippen molar-refractivity contribution < 1.29 is 4.74 Å². The summed E-state index contributed by atoms with van der Waals surface area (Å²) in [4.78, 5) is 13.5. The van der Waals surface area contributed by atoms with Crippen molar-refractivity contribution in [2.24, 2.45) is 0 Å². The minimum absolute atomic E-state index is 0.0431. The fraction of sp³-hybridized carbons (Fsp3) is 0.615. The van der Waals surface area contributed by atoms with Crippen molar-refractivity contribution in [2.75, 3.05) is 46.9 Å². The van der Waals surface area contributed by atoms with E-state index in [2.05, 4.69) is 10.2 Å². The smallest absolute Gasteiger partial charge is 0.250 e. The van der Waals surface area contributed by atoms with E-state index < -0.39 is 0 Å². The summed E-state index contributed by atoms with van der Waals surface area (Å²) in [5, 5.41) is 3.25. The molecule has 0 radical (unpaired) electrons. The largest absolute Gasteiger partial charge is 0.379 e. The lowest BCUT2D eigenvalue weighted by atomic mass is 10.4. The fourth-order valence-corrected chi connectivity index (χ4v) is 1.46. The predicted molar refractivity (Wildman–Crippen MR) is 72.9 cm³/mol. The van der Waals surface area contributed by atoms with Gasteiger partial charge in [0.05, 0.1) is 13.2 Å². The molecule has 0 aliphatic carbocycles. The van der Waals surface area contributed by atoms with Crippen molar-refractivity contribution in [3.8, 4) is 0 Å². The normalized spacial score (nSPS) is 11.1. The zero-order valence-corrected chi connectivity index (χ0v) is 11.3. The third-order valence-corrected chi connectivity index (χ3v) is 2.53. The molecule has 5 heteroatoms. The molecular formula is C13H23N3O2. The Morgan fingerprint density at radius 3 is 2.83 bits per heavy atom. The number of pyridine rings is 1. The molecule has 1 aromatic rings. The molecule has 0 fully saturated rings. The van der Waals surface area contributed by atoms with Gasteiger partial charge in [-0.1, -0.05) is 6.07 Å². The molecule has 0 amide bonds. The van der Waals surface area contributed by atoms with E-state index in [4.69, 9.17) is 4.74 Å². The predicted octanol–water partition coefficient (Wildman–Crippen LogP) is 0.0161. The second kappa shape index (κ2) is 8.85. The van der Waals surface area contributed by atoms with E-state index >= 15 is 0 Å². The molecule has 0 saturated heterocycles. The number of nitrogens with one attached hydrogen (secondary N) is 1. The van der Waals surface area contributed by atoms with Gasteiger partial charge in [-0.15, -0.1) is 0 Å². The lowest BCUT2D eigenvalue weighted by Crippen LogP contribution is -2.28. The molecule has 1 aromatic heterocycles. The van der Waals surface area contributed by atoms with Crippen molar-refractivity contribution in [2.45, 2.75) is 6.54 Å². The summed E-state index contributed by atoms with van der Waals surface area (Å²) in [6, 6.07) is 5.20. The highest BCUT2D eigenvalue weighted by Crippen LogP contribution is 1.81. The number of ether oxygens (including phenoxy) is 1. The summed E-state index contributed by atoms with van der Waals surface area (Å²) in [7, 11) is 4.05. The number of rotatable bonds is 9. The van der Waals surface area contributed by atoms with Gasteiger partial charge in [-0.3, -0.25) is 4.79 Å². The molecule has 0 spiro atoms. The van der Waals surface area contributed by atoms with Gasteiger partial charge in [0, 0.05) is 38.4 Å². The molecule has 1 N–H and O–H groups in total. The number of likely N-dealkylation sites (N-methyl/N-ethyl adjacent to an activating group) is 1. The first-order valence-electron chi connectivity index (χ1n) is 6.29. The lowest BCUT2D eigenvalue weighted by molar-refractivity contribution is 0.119. The standard InChI is InChI=1S/C13H23N3O2/c1-15(2)10-12-18-11-7-14-6-9-16-8-4-3-5-13(16)17/h3-5,8,14H,6-7,9-12H2,1-2H3. The summed E-state index contributed by atoms with van der Waals surface area (Å²) in [6.45, 7) is 4.69. The van der Waals surface area contributed by atoms with E-state index in [0.717, 1.165) is 26.2 Å². The van der Waals surface area contributed by atoms with Gasteiger partial charge in [0.15, 0.2) is 0 Å². The van der Waals surface area contributed by atoms with Gasteiger partial charge in [-0.25, -0.2) is 0 Å². The first-order chi connectivity index (χ1) is 8.70. The highest BCUT2D eigenvalue weighted by molar-refractivity contribution is 4.93. The number of hydrogen-bond donors (Lipinski definition) is 1. The quantitative estimate of drug-likeness (QED) is 0.630. The van der Waals surface area contributed by atoms with E-state index in [0.29, 0.717) is 13.2 Å². The third kappa shape index (κ3) is 6.54. The molecule has 18 heavy (non-hydrogen) atoms. The molecular weight excluding hydrogens is 230 g/mol.